The summed E-state index contributed by atoms with van der Waals surface area (Å²) in [7, 11) is 0. The second kappa shape index (κ2) is 3.02. The monoisotopic (exact) mass is 177 g/mol. The zero-order chi connectivity index (χ0) is 9.26. The average Bonchev–Trinajstić information content (AvgIpc) is 2.13. The summed E-state index contributed by atoms with van der Waals surface area (Å²) in [4.78, 5) is 5.86. The summed E-state index contributed by atoms with van der Waals surface area (Å²) in [6, 6.07) is 7.13. The van der Waals surface area contributed by atoms with Gasteiger partial charge in [-0.1, -0.05) is 6.07 Å². The lowest BCUT2D eigenvalue weighted by Gasteiger charge is -2.35. The van der Waals surface area contributed by atoms with E-state index in [9.17, 15) is 4.39 Å². The minimum absolute atomic E-state index is 0.375. The first-order valence-electron chi connectivity index (χ1n) is 4.06. The number of nitrogens with zero attached hydrogens (tertiary/aromatic N) is 3. The third kappa shape index (κ3) is 1.45. The van der Waals surface area contributed by atoms with Crippen molar-refractivity contribution >= 4 is 5.82 Å². The summed E-state index contributed by atoms with van der Waals surface area (Å²) >= 11 is 0. The normalized spacial score (nSPS) is 16.5. The predicted octanol–water partition coefficient (Wildman–Crippen LogP) is 1.11. The van der Waals surface area contributed by atoms with Gasteiger partial charge in [-0.05, 0) is 12.1 Å². The number of pyridine rings is 1. The van der Waals surface area contributed by atoms with Crippen LogP contribution in [0.25, 0.3) is 0 Å². The van der Waals surface area contributed by atoms with Gasteiger partial charge >= 0.3 is 0 Å². The van der Waals surface area contributed by atoms with Gasteiger partial charge in [-0.25, -0.2) is 9.37 Å². The fourth-order valence-electron chi connectivity index (χ4n) is 1.27. The first-order valence-corrected chi connectivity index (χ1v) is 4.06. The third-order valence-electron chi connectivity index (χ3n) is 2.01. The summed E-state index contributed by atoms with van der Waals surface area (Å²) in [6.07, 6.45) is -0.743. The lowest BCUT2D eigenvalue weighted by Crippen LogP contribution is -2.48. The van der Waals surface area contributed by atoms with Gasteiger partial charge in [-0.15, -0.1) is 0 Å². The van der Waals surface area contributed by atoms with Gasteiger partial charge in [0, 0.05) is 0 Å². The highest BCUT2D eigenvalue weighted by Gasteiger charge is 2.27. The first-order chi connectivity index (χ1) is 6.29. The molecule has 1 aromatic heterocycles. The van der Waals surface area contributed by atoms with Crippen LogP contribution in [0, 0.1) is 11.3 Å². The topological polar surface area (TPSA) is 39.9 Å². The molecule has 4 heteroatoms. The molecule has 1 aromatic rings. The lowest BCUT2D eigenvalue weighted by atomic mass is 10.2. The highest BCUT2D eigenvalue weighted by atomic mass is 19.1. The average molecular weight is 177 g/mol. The minimum atomic E-state index is -0.743. The third-order valence-corrected chi connectivity index (χ3v) is 2.01. The van der Waals surface area contributed by atoms with Crippen LogP contribution in [0.1, 0.15) is 5.69 Å². The maximum atomic E-state index is 12.5. The molecule has 0 spiro atoms. The number of nitriles is 1. The number of rotatable bonds is 1. The van der Waals surface area contributed by atoms with Gasteiger partial charge in [-0.2, -0.15) is 5.26 Å². The predicted molar refractivity (Wildman–Crippen MR) is 46.1 cm³/mol. The fraction of sp³-hybridized carbons (Fsp3) is 0.333. The second-order valence-corrected chi connectivity index (χ2v) is 3.00. The number of alkyl halides is 1. The first kappa shape index (κ1) is 7.99. The maximum absolute atomic E-state index is 12.5. The molecule has 0 aliphatic carbocycles. The van der Waals surface area contributed by atoms with Crippen molar-refractivity contribution in [2.24, 2.45) is 0 Å². The van der Waals surface area contributed by atoms with Crippen LogP contribution in [-0.4, -0.2) is 24.2 Å². The van der Waals surface area contributed by atoms with Crippen LogP contribution in [0.3, 0.4) is 0 Å². The lowest BCUT2D eigenvalue weighted by molar-refractivity contribution is 0.273. The Balaban J connectivity index is 2.18. The van der Waals surface area contributed by atoms with E-state index in [1.54, 1.807) is 18.2 Å². The Labute approximate surface area is 75.4 Å². The molecule has 0 radical (unpaired) electrons. The molecule has 0 aromatic carbocycles. The number of hydrogen-bond donors (Lipinski definition) is 0. The highest BCUT2D eigenvalue weighted by molar-refractivity contribution is 5.44. The SMILES string of the molecule is N#Cc1cccc(N2CC(F)C2)n1. The standard InChI is InChI=1S/C9H8FN3/c10-7-5-13(6-7)9-3-1-2-8(4-11)12-9/h1-3,7H,5-6H2. The van der Waals surface area contributed by atoms with Crippen molar-refractivity contribution in [3.63, 3.8) is 0 Å². The Bertz CT molecular complexity index is 352. The molecule has 1 saturated heterocycles. The molecule has 66 valence electrons. The molecule has 3 nitrogen and oxygen atoms in total. The van der Waals surface area contributed by atoms with E-state index in [1.807, 2.05) is 11.0 Å². The maximum Gasteiger partial charge on any atom is 0.142 e. The summed E-state index contributed by atoms with van der Waals surface area (Å²) in [5.74, 6) is 0.688. The van der Waals surface area contributed by atoms with Crippen LogP contribution in [0.4, 0.5) is 10.2 Å². The molecule has 0 amide bonds. The summed E-state index contributed by atoms with van der Waals surface area (Å²) < 4.78 is 12.5. The van der Waals surface area contributed by atoms with E-state index in [2.05, 4.69) is 4.98 Å². The van der Waals surface area contributed by atoms with E-state index < -0.39 is 6.17 Å². The van der Waals surface area contributed by atoms with Gasteiger partial charge in [0.25, 0.3) is 0 Å². The van der Waals surface area contributed by atoms with Gasteiger partial charge in [0.05, 0.1) is 13.1 Å². The fourth-order valence-corrected chi connectivity index (χ4v) is 1.27. The molecule has 0 atom stereocenters. The number of anilines is 1. The van der Waals surface area contributed by atoms with E-state index in [-0.39, 0.29) is 0 Å². The number of hydrogen-bond acceptors (Lipinski definition) is 3. The Morgan fingerprint density at radius 3 is 2.92 bits per heavy atom. The Hall–Kier alpha value is -1.63. The highest BCUT2D eigenvalue weighted by Crippen LogP contribution is 2.19. The minimum Gasteiger partial charge on any atom is -0.351 e. The van der Waals surface area contributed by atoms with Crippen LogP contribution < -0.4 is 4.90 Å². The zero-order valence-corrected chi connectivity index (χ0v) is 6.94. The Morgan fingerprint density at radius 1 is 1.54 bits per heavy atom. The Kier molecular flexibility index (Phi) is 1.85. The van der Waals surface area contributed by atoms with Crippen molar-refractivity contribution in [2.45, 2.75) is 6.17 Å². The van der Waals surface area contributed by atoms with Gasteiger partial charge in [0.1, 0.15) is 23.8 Å². The van der Waals surface area contributed by atoms with Crippen molar-refractivity contribution in [1.29, 1.82) is 5.26 Å². The van der Waals surface area contributed by atoms with Crippen LogP contribution in [0.5, 0.6) is 0 Å². The van der Waals surface area contributed by atoms with Crippen molar-refractivity contribution < 1.29 is 4.39 Å². The molecular weight excluding hydrogens is 169 g/mol. The van der Waals surface area contributed by atoms with Crippen molar-refractivity contribution in [1.82, 2.24) is 4.98 Å². The molecule has 13 heavy (non-hydrogen) atoms. The van der Waals surface area contributed by atoms with E-state index in [1.165, 1.54) is 0 Å². The van der Waals surface area contributed by atoms with Gasteiger partial charge in [0.15, 0.2) is 0 Å². The van der Waals surface area contributed by atoms with E-state index in [0.29, 0.717) is 24.6 Å². The summed E-state index contributed by atoms with van der Waals surface area (Å²) in [6.45, 7) is 0.782. The molecular formula is C9H8FN3. The smallest absolute Gasteiger partial charge is 0.142 e. The molecule has 0 bridgehead atoms. The molecule has 1 aliphatic rings. The number of aromatic nitrogens is 1. The molecule has 0 saturated carbocycles. The van der Waals surface area contributed by atoms with Crippen LogP contribution in [0.2, 0.25) is 0 Å². The van der Waals surface area contributed by atoms with Crippen LogP contribution in [0.15, 0.2) is 18.2 Å². The van der Waals surface area contributed by atoms with Crippen LogP contribution in [-0.2, 0) is 0 Å². The largest absolute Gasteiger partial charge is 0.351 e. The van der Waals surface area contributed by atoms with Crippen molar-refractivity contribution in [3.8, 4) is 6.07 Å². The van der Waals surface area contributed by atoms with Gasteiger partial charge in [0.2, 0.25) is 0 Å². The number of halogens is 1. The van der Waals surface area contributed by atoms with Gasteiger partial charge in [-0.3, -0.25) is 0 Å². The molecule has 2 rings (SSSR count). The molecule has 1 aliphatic heterocycles. The Morgan fingerprint density at radius 2 is 2.31 bits per heavy atom. The molecule has 1 fully saturated rings. The molecule has 0 unspecified atom stereocenters. The van der Waals surface area contributed by atoms with Crippen molar-refractivity contribution in [2.75, 3.05) is 18.0 Å². The summed E-state index contributed by atoms with van der Waals surface area (Å²) in [5, 5.41) is 8.58. The quantitative estimate of drug-likeness (QED) is 0.645. The van der Waals surface area contributed by atoms with Crippen molar-refractivity contribution in [3.05, 3.63) is 23.9 Å². The van der Waals surface area contributed by atoms with Crippen LogP contribution >= 0.6 is 0 Å². The summed E-state index contributed by atoms with van der Waals surface area (Å²) in [5.41, 5.74) is 0.375. The van der Waals surface area contributed by atoms with Gasteiger partial charge < -0.3 is 4.90 Å². The molecule has 2 heterocycles. The molecule has 0 N–H and O–H groups in total. The van der Waals surface area contributed by atoms with E-state index in [0.717, 1.165) is 0 Å². The second-order valence-electron chi connectivity index (χ2n) is 3.00. The zero-order valence-electron chi connectivity index (χ0n) is 6.94. The van der Waals surface area contributed by atoms with E-state index in [4.69, 9.17) is 5.26 Å². The van der Waals surface area contributed by atoms with E-state index >= 15 is 0 Å².